The second kappa shape index (κ2) is 10.1. The first-order valence-electron chi connectivity index (χ1n) is 11.1. The Morgan fingerprint density at radius 2 is 1.86 bits per heavy atom. The van der Waals surface area contributed by atoms with Crippen LogP contribution < -0.4 is 5.32 Å². The molecule has 0 fully saturated rings. The van der Waals surface area contributed by atoms with Gasteiger partial charge in [0.1, 0.15) is 5.82 Å². The zero-order valence-electron chi connectivity index (χ0n) is 19.2. The van der Waals surface area contributed by atoms with Crippen LogP contribution in [0.3, 0.4) is 0 Å². The quantitative estimate of drug-likeness (QED) is 0.368. The highest BCUT2D eigenvalue weighted by atomic mass is 35.5. The molecule has 1 aliphatic rings. The Hall–Kier alpha value is -3.53. The van der Waals surface area contributed by atoms with Crippen molar-refractivity contribution in [1.29, 1.82) is 0 Å². The van der Waals surface area contributed by atoms with Crippen LogP contribution in [0, 0.1) is 5.82 Å². The molecule has 0 saturated carbocycles. The third-order valence-electron chi connectivity index (χ3n) is 5.75. The summed E-state index contributed by atoms with van der Waals surface area (Å²) in [7, 11) is -3.62. The van der Waals surface area contributed by atoms with E-state index in [2.05, 4.69) is 15.4 Å². The maximum absolute atomic E-state index is 13.5. The number of hydrogen-bond acceptors (Lipinski definition) is 5. The highest BCUT2D eigenvalue weighted by Gasteiger charge is 2.35. The number of carbonyl (C=O) groups is 1. The monoisotopic (exact) mass is 556 g/mol. The van der Waals surface area contributed by atoms with Crippen LogP contribution in [-0.4, -0.2) is 34.8 Å². The molecular formula is C26H19Cl2FN4O3S. The van der Waals surface area contributed by atoms with Gasteiger partial charge in [0.25, 0.3) is 5.91 Å². The summed E-state index contributed by atoms with van der Waals surface area (Å²) < 4.78 is 40.9. The molecule has 2 aromatic heterocycles. The number of nitrogens with one attached hydrogen (secondary N) is 1. The summed E-state index contributed by atoms with van der Waals surface area (Å²) in [6, 6.07) is 15.8. The number of halogens is 3. The predicted octanol–water partition coefficient (Wildman–Crippen LogP) is 5.11. The molecule has 1 N–H and O–H groups in total. The summed E-state index contributed by atoms with van der Waals surface area (Å²) in [6.07, 6.45) is 3.26. The van der Waals surface area contributed by atoms with Crippen LogP contribution in [0.2, 0.25) is 10.0 Å². The van der Waals surface area contributed by atoms with Gasteiger partial charge in [0.15, 0.2) is 15.5 Å². The third kappa shape index (κ3) is 5.44. The van der Waals surface area contributed by atoms with Gasteiger partial charge in [0, 0.05) is 16.8 Å². The topological polar surface area (TPSA) is 93.9 Å². The lowest BCUT2D eigenvalue weighted by atomic mass is 10.0. The lowest BCUT2D eigenvalue weighted by Gasteiger charge is -2.19. The van der Waals surface area contributed by atoms with E-state index in [4.69, 9.17) is 23.2 Å². The van der Waals surface area contributed by atoms with Gasteiger partial charge in [-0.05, 0) is 59.7 Å². The zero-order valence-corrected chi connectivity index (χ0v) is 21.5. The van der Waals surface area contributed by atoms with Gasteiger partial charge in [-0.1, -0.05) is 41.4 Å². The van der Waals surface area contributed by atoms with E-state index in [1.165, 1.54) is 22.9 Å². The fourth-order valence-corrected chi connectivity index (χ4v) is 6.13. The minimum Gasteiger partial charge on any atom is -0.345 e. The predicted molar refractivity (Wildman–Crippen MR) is 141 cm³/mol. The highest BCUT2D eigenvalue weighted by Crippen LogP contribution is 2.36. The number of fused-ring (bicyclic) bond motifs is 1. The average molecular weight is 557 g/mol. The number of pyridine rings is 1. The van der Waals surface area contributed by atoms with Crippen molar-refractivity contribution in [2.24, 2.45) is 0 Å². The standard InChI is InChI=1S/C26H19Cl2FN4O3S/c27-18-6-9-23(22(28)12-18)33-25-17(11-16-4-7-19(29)8-5-16)14-37(35,36)15-21(25)24(32-33)26(34)31-13-20-3-1-2-10-30-20/h1-12H,13-15H2,(H,31,34). The molecule has 7 nitrogen and oxygen atoms in total. The van der Waals surface area contributed by atoms with Crippen molar-refractivity contribution in [2.45, 2.75) is 12.3 Å². The molecule has 3 heterocycles. The van der Waals surface area contributed by atoms with E-state index >= 15 is 0 Å². The van der Waals surface area contributed by atoms with Gasteiger partial charge in [0.2, 0.25) is 0 Å². The highest BCUT2D eigenvalue weighted by molar-refractivity contribution is 7.91. The molecular weight excluding hydrogens is 538 g/mol. The van der Waals surface area contributed by atoms with E-state index in [1.807, 2.05) is 0 Å². The van der Waals surface area contributed by atoms with Gasteiger partial charge in [-0.25, -0.2) is 17.5 Å². The molecule has 11 heteroatoms. The van der Waals surface area contributed by atoms with Crippen molar-refractivity contribution in [2.75, 3.05) is 5.75 Å². The van der Waals surface area contributed by atoms with Crippen LogP contribution in [0.4, 0.5) is 4.39 Å². The fourth-order valence-electron chi connectivity index (χ4n) is 4.13. The molecule has 0 radical (unpaired) electrons. The normalized spacial score (nSPS) is 15.4. The van der Waals surface area contributed by atoms with Gasteiger partial charge in [-0.3, -0.25) is 9.78 Å². The minimum atomic E-state index is -3.62. The Kier molecular flexibility index (Phi) is 6.85. The molecule has 5 rings (SSSR count). The Bertz CT molecular complexity index is 1640. The SMILES string of the molecule is O=C(NCc1ccccn1)c1nn(-c2ccc(Cl)cc2Cl)c2c1CS(=O)(=O)CC2=Cc1ccc(F)cc1. The molecule has 2 aromatic carbocycles. The van der Waals surface area contributed by atoms with Crippen molar-refractivity contribution in [1.82, 2.24) is 20.1 Å². The number of aromatic nitrogens is 3. The van der Waals surface area contributed by atoms with Crippen molar-refractivity contribution >= 4 is 50.6 Å². The van der Waals surface area contributed by atoms with Gasteiger partial charge >= 0.3 is 0 Å². The smallest absolute Gasteiger partial charge is 0.272 e. The summed E-state index contributed by atoms with van der Waals surface area (Å²) in [5.41, 5.74) is 2.70. The van der Waals surface area contributed by atoms with Crippen molar-refractivity contribution < 1.29 is 17.6 Å². The van der Waals surface area contributed by atoms with Gasteiger partial charge in [-0.2, -0.15) is 5.10 Å². The maximum Gasteiger partial charge on any atom is 0.272 e. The molecule has 37 heavy (non-hydrogen) atoms. The Balaban J connectivity index is 1.67. The Morgan fingerprint density at radius 1 is 1.08 bits per heavy atom. The largest absolute Gasteiger partial charge is 0.345 e. The summed E-state index contributed by atoms with van der Waals surface area (Å²) in [4.78, 5) is 17.5. The fraction of sp³-hybridized carbons (Fsp3) is 0.115. The lowest BCUT2D eigenvalue weighted by molar-refractivity contribution is 0.0944. The van der Waals surface area contributed by atoms with Gasteiger partial charge < -0.3 is 5.32 Å². The number of nitrogens with zero attached hydrogens (tertiary/aromatic N) is 3. The van der Waals surface area contributed by atoms with Crippen LogP contribution in [0.1, 0.15) is 33.0 Å². The van der Waals surface area contributed by atoms with E-state index in [0.29, 0.717) is 33.2 Å². The molecule has 0 saturated heterocycles. The first-order chi connectivity index (χ1) is 17.7. The molecule has 1 amide bonds. The van der Waals surface area contributed by atoms with E-state index in [1.54, 1.807) is 54.7 Å². The molecule has 1 aliphatic heterocycles. The Morgan fingerprint density at radius 3 is 2.57 bits per heavy atom. The Labute approximate surface area is 222 Å². The van der Waals surface area contributed by atoms with Gasteiger partial charge in [-0.15, -0.1) is 0 Å². The zero-order chi connectivity index (χ0) is 26.2. The third-order valence-corrected chi connectivity index (χ3v) is 7.76. The van der Waals surface area contributed by atoms with E-state index in [0.717, 1.165) is 0 Å². The summed E-state index contributed by atoms with van der Waals surface area (Å²) in [6.45, 7) is 0.133. The number of carbonyl (C=O) groups excluding carboxylic acids is 1. The van der Waals surface area contributed by atoms with Crippen molar-refractivity contribution in [3.05, 3.63) is 111 Å². The number of rotatable bonds is 5. The van der Waals surface area contributed by atoms with Crippen molar-refractivity contribution in [3.8, 4) is 5.69 Å². The second-order valence-electron chi connectivity index (χ2n) is 8.44. The van der Waals surface area contributed by atoms with Crippen molar-refractivity contribution in [3.63, 3.8) is 0 Å². The van der Waals surface area contributed by atoms with Crippen LogP contribution in [0.5, 0.6) is 0 Å². The van der Waals surface area contributed by atoms with Crippen LogP contribution in [0.25, 0.3) is 17.3 Å². The number of hydrogen-bond donors (Lipinski definition) is 1. The number of benzene rings is 2. The molecule has 4 aromatic rings. The molecule has 188 valence electrons. The number of amides is 1. The molecule has 0 bridgehead atoms. The summed E-state index contributed by atoms with van der Waals surface area (Å²) in [5.74, 6) is -1.63. The van der Waals surface area contributed by atoms with E-state index in [-0.39, 0.29) is 34.3 Å². The summed E-state index contributed by atoms with van der Waals surface area (Å²) >= 11 is 12.6. The average Bonchev–Trinajstić information content (AvgIpc) is 3.23. The van der Waals surface area contributed by atoms with Crippen LogP contribution >= 0.6 is 23.2 Å². The summed E-state index contributed by atoms with van der Waals surface area (Å²) in [5, 5.41) is 7.97. The minimum absolute atomic E-state index is 0.0368. The first kappa shape index (κ1) is 25.1. The van der Waals surface area contributed by atoms with Crippen LogP contribution in [-0.2, 0) is 22.1 Å². The molecule has 0 aliphatic carbocycles. The number of sulfone groups is 1. The second-order valence-corrected chi connectivity index (χ2v) is 11.3. The first-order valence-corrected chi connectivity index (χ1v) is 13.7. The van der Waals surface area contributed by atoms with E-state index in [9.17, 15) is 17.6 Å². The lowest BCUT2D eigenvalue weighted by Crippen LogP contribution is -2.26. The van der Waals surface area contributed by atoms with Crippen LogP contribution in [0.15, 0.2) is 66.9 Å². The molecule has 0 unspecified atom stereocenters. The molecule has 0 spiro atoms. The van der Waals surface area contributed by atoms with E-state index < -0.39 is 21.6 Å². The maximum atomic E-state index is 13.5. The van der Waals surface area contributed by atoms with Gasteiger partial charge in [0.05, 0.1) is 40.1 Å². The molecule has 0 atom stereocenters.